The third-order valence-electron chi connectivity index (χ3n) is 6.26. The Morgan fingerprint density at radius 3 is 2.03 bits per heavy atom. The number of imide groups is 1. The highest BCUT2D eigenvalue weighted by molar-refractivity contribution is 6.09. The van der Waals surface area contributed by atoms with Crippen LogP contribution in [0, 0.1) is 0 Å². The number of carbonyl (C=O) groups excluding carboxylic acids is 3. The fourth-order valence-corrected chi connectivity index (χ4v) is 4.62. The van der Waals surface area contributed by atoms with Crippen LogP contribution in [-0.4, -0.2) is 46.8 Å². The number of urea groups is 1. The molecule has 2 aliphatic rings. The third kappa shape index (κ3) is 3.70. The van der Waals surface area contributed by atoms with Crippen molar-refractivity contribution in [2.24, 2.45) is 0 Å². The van der Waals surface area contributed by atoms with E-state index >= 15 is 0 Å². The second kappa shape index (κ2) is 8.30. The lowest BCUT2D eigenvalue weighted by molar-refractivity contribution is -0.139. The first-order valence-electron chi connectivity index (χ1n) is 10.5. The van der Waals surface area contributed by atoms with Gasteiger partial charge >= 0.3 is 6.03 Å². The fraction of sp³-hybridized carbons (Fsp3) is 0.375. The maximum atomic E-state index is 13.2. The largest absolute Gasteiger partial charge is 0.333 e. The minimum Gasteiger partial charge on any atom is -0.333 e. The number of rotatable bonds is 5. The maximum Gasteiger partial charge on any atom is 0.325 e. The van der Waals surface area contributed by atoms with E-state index in [1.54, 1.807) is 11.9 Å². The van der Waals surface area contributed by atoms with Crippen molar-refractivity contribution in [1.29, 1.82) is 0 Å². The Morgan fingerprint density at radius 1 is 0.967 bits per heavy atom. The van der Waals surface area contributed by atoms with Gasteiger partial charge in [0.1, 0.15) is 12.1 Å². The van der Waals surface area contributed by atoms with Gasteiger partial charge in [-0.3, -0.25) is 14.5 Å². The summed E-state index contributed by atoms with van der Waals surface area (Å²) < 4.78 is 0. The number of carbonyl (C=O) groups is 3. The molecule has 6 nitrogen and oxygen atoms in total. The first kappa shape index (κ1) is 20.1. The molecule has 4 amide bonds. The van der Waals surface area contributed by atoms with E-state index in [0.29, 0.717) is 12.8 Å². The molecule has 0 unspecified atom stereocenters. The molecule has 2 aromatic rings. The minimum atomic E-state index is -0.813. The van der Waals surface area contributed by atoms with Crippen LogP contribution in [0.5, 0.6) is 0 Å². The summed E-state index contributed by atoms with van der Waals surface area (Å²) in [5.74, 6) is -0.533. The molecule has 1 saturated heterocycles. The SMILES string of the molecule is CN(C(=O)CN1C(=O)NC2(CCCCC2)C1=O)C(c1ccccc1)c1ccccc1. The lowest BCUT2D eigenvalue weighted by atomic mass is 9.82. The molecule has 156 valence electrons. The van der Waals surface area contributed by atoms with Crippen LogP contribution in [0.1, 0.15) is 49.3 Å². The summed E-state index contributed by atoms with van der Waals surface area (Å²) in [6.45, 7) is -0.251. The summed E-state index contributed by atoms with van der Waals surface area (Å²) in [5, 5.41) is 2.87. The maximum absolute atomic E-state index is 13.2. The van der Waals surface area contributed by atoms with E-state index < -0.39 is 11.6 Å². The zero-order valence-electron chi connectivity index (χ0n) is 17.2. The molecule has 1 spiro atoms. The van der Waals surface area contributed by atoms with E-state index in [9.17, 15) is 14.4 Å². The van der Waals surface area contributed by atoms with Crippen molar-refractivity contribution in [1.82, 2.24) is 15.1 Å². The normalized spacial score (nSPS) is 18.0. The Labute approximate surface area is 176 Å². The predicted octanol–water partition coefficient (Wildman–Crippen LogP) is 3.49. The highest BCUT2D eigenvalue weighted by Gasteiger charge is 2.51. The Bertz CT molecular complexity index is 884. The highest BCUT2D eigenvalue weighted by Crippen LogP contribution is 2.34. The molecule has 4 rings (SSSR count). The molecule has 1 aliphatic carbocycles. The average Bonchev–Trinajstić information content (AvgIpc) is 2.99. The van der Waals surface area contributed by atoms with Crippen LogP contribution >= 0.6 is 0 Å². The van der Waals surface area contributed by atoms with Crippen molar-refractivity contribution >= 4 is 17.8 Å². The van der Waals surface area contributed by atoms with Crippen molar-refractivity contribution in [3.05, 3.63) is 71.8 Å². The van der Waals surface area contributed by atoms with Gasteiger partial charge in [-0.2, -0.15) is 0 Å². The average molecular weight is 405 g/mol. The molecule has 2 fully saturated rings. The van der Waals surface area contributed by atoms with E-state index in [2.05, 4.69) is 5.32 Å². The molecule has 2 aromatic carbocycles. The number of hydrogen-bond acceptors (Lipinski definition) is 3. The van der Waals surface area contributed by atoms with Gasteiger partial charge in [-0.05, 0) is 24.0 Å². The van der Waals surface area contributed by atoms with E-state index in [-0.39, 0.29) is 24.4 Å². The number of nitrogens with zero attached hydrogens (tertiary/aromatic N) is 2. The van der Waals surface area contributed by atoms with Crippen molar-refractivity contribution < 1.29 is 14.4 Å². The molecule has 0 aromatic heterocycles. The van der Waals surface area contributed by atoms with E-state index in [1.807, 2.05) is 60.7 Å². The fourth-order valence-electron chi connectivity index (χ4n) is 4.62. The second-order valence-electron chi connectivity index (χ2n) is 8.19. The van der Waals surface area contributed by atoms with Gasteiger partial charge in [0.05, 0.1) is 6.04 Å². The minimum absolute atomic E-state index is 0.251. The lowest BCUT2D eigenvalue weighted by Gasteiger charge is -2.31. The molecule has 0 radical (unpaired) electrons. The second-order valence-corrected chi connectivity index (χ2v) is 8.19. The Balaban J connectivity index is 1.56. The molecule has 6 heteroatoms. The van der Waals surface area contributed by atoms with E-state index in [4.69, 9.17) is 0 Å². The van der Waals surface area contributed by atoms with Crippen molar-refractivity contribution in [3.63, 3.8) is 0 Å². The summed E-state index contributed by atoms with van der Waals surface area (Å²) in [5.41, 5.74) is 1.13. The van der Waals surface area contributed by atoms with Crippen LogP contribution in [0.4, 0.5) is 4.79 Å². The molecular weight excluding hydrogens is 378 g/mol. The van der Waals surface area contributed by atoms with Gasteiger partial charge in [-0.25, -0.2) is 4.79 Å². The Morgan fingerprint density at radius 2 is 1.50 bits per heavy atom. The first-order valence-corrected chi connectivity index (χ1v) is 10.5. The quantitative estimate of drug-likeness (QED) is 0.774. The molecular formula is C24H27N3O3. The number of benzene rings is 2. The molecule has 0 bridgehead atoms. The van der Waals surface area contributed by atoms with Gasteiger partial charge < -0.3 is 10.2 Å². The van der Waals surface area contributed by atoms with Crippen LogP contribution < -0.4 is 5.32 Å². The van der Waals surface area contributed by atoms with Crippen LogP contribution in [0.2, 0.25) is 0 Å². The van der Waals surface area contributed by atoms with Gasteiger partial charge in [0.15, 0.2) is 0 Å². The van der Waals surface area contributed by atoms with Crippen molar-refractivity contribution in [2.75, 3.05) is 13.6 Å². The third-order valence-corrected chi connectivity index (χ3v) is 6.26. The summed E-state index contributed by atoms with van der Waals surface area (Å²) in [6.07, 6.45) is 4.20. The number of amides is 4. The molecule has 1 saturated carbocycles. The van der Waals surface area contributed by atoms with E-state index in [1.165, 1.54) is 0 Å². The summed E-state index contributed by atoms with van der Waals surface area (Å²) in [6, 6.07) is 18.8. The Hall–Kier alpha value is -3.15. The summed E-state index contributed by atoms with van der Waals surface area (Å²) in [7, 11) is 1.72. The molecule has 1 N–H and O–H groups in total. The Kier molecular flexibility index (Phi) is 5.57. The standard InChI is InChI=1S/C24H27N3O3/c1-26(21(18-11-5-2-6-12-18)19-13-7-3-8-14-19)20(28)17-27-22(29)24(25-23(27)30)15-9-4-10-16-24/h2-3,5-8,11-14,21H,4,9-10,15-17H2,1H3,(H,25,30). The van der Waals surface area contributed by atoms with Gasteiger partial charge in [-0.15, -0.1) is 0 Å². The highest BCUT2D eigenvalue weighted by atomic mass is 16.2. The summed E-state index contributed by atoms with van der Waals surface area (Å²) >= 11 is 0. The van der Waals surface area contributed by atoms with Crippen molar-refractivity contribution in [3.8, 4) is 0 Å². The zero-order chi connectivity index (χ0) is 21.1. The zero-order valence-corrected chi connectivity index (χ0v) is 17.2. The number of likely N-dealkylation sites (N-methyl/N-ethyl adjacent to an activating group) is 1. The van der Waals surface area contributed by atoms with E-state index in [0.717, 1.165) is 35.3 Å². The number of nitrogens with one attached hydrogen (secondary N) is 1. The monoisotopic (exact) mass is 405 g/mol. The van der Waals surface area contributed by atoms with Crippen LogP contribution in [0.25, 0.3) is 0 Å². The van der Waals surface area contributed by atoms with Crippen LogP contribution in [0.15, 0.2) is 60.7 Å². The summed E-state index contributed by atoms with van der Waals surface area (Å²) in [4.78, 5) is 41.5. The molecule has 1 heterocycles. The van der Waals surface area contributed by atoms with Gasteiger partial charge in [0.2, 0.25) is 5.91 Å². The molecule has 1 aliphatic heterocycles. The van der Waals surface area contributed by atoms with Crippen LogP contribution in [-0.2, 0) is 9.59 Å². The number of hydrogen-bond donors (Lipinski definition) is 1. The smallest absolute Gasteiger partial charge is 0.325 e. The predicted molar refractivity (Wildman–Crippen MR) is 114 cm³/mol. The molecule has 30 heavy (non-hydrogen) atoms. The lowest BCUT2D eigenvalue weighted by Crippen LogP contribution is -2.49. The van der Waals surface area contributed by atoms with Crippen molar-refractivity contribution in [2.45, 2.75) is 43.7 Å². The van der Waals surface area contributed by atoms with Gasteiger partial charge in [0, 0.05) is 7.05 Å². The van der Waals surface area contributed by atoms with Crippen LogP contribution in [0.3, 0.4) is 0 Å². The van der Waals surface area contributed by atoms with Gasteiger partial charge in [0.25, 0.3) is 5.91 Å². The topological polar surface area (TPSA) is 69.7 Å². The molecule has 0 atom stereocenters. The van der Waals surface area contributed by atoms with Gasteiger partial charge in [-0.1, -0.05) is 79.9 Å². The first-order chi connectivity index (χ1) is 14.5.